The second-order valence-corrected chi connectivity index (χ2v) is 10.3. The number of halogens is 1. The summed E-state index contributed by atoms with van der Waals surface area (Å²) in [5, 5.41) is 10.1. The van der Waals surface area contributed by atoms with Crippen molar-refractivity contribution in [2.75, 3.05) is 11.2 Å². The molecule has 0 spiro atoms. The summed E-state index contributed by atoms with van der Waals surface area (Å²) in [4.78, 5) is 16.2. The summed E-state index contributed by atoms with van der Waals surface area (Å²) >= 11 is 6.87. The van der Waals surface area contributed by atoms with E-state index in [1.807, 2.05) is 35.4 Å². The molecule has 2 aliphatic rings. The van der Waals surface area contributed by atoms with E-state index in [2.05, 4.69) is 35.0 Å². The molecule has 0 saturated carbocycles. The molecule has 2 N–H and O–H groups in total. The summed E-state index contributed by atoms with van der Waals surface area (Å²) in [5.74, 6) is 0.144. The predicted octanol–water partition coefficient (Wildman–Crippen LogP) is 5.85. The van der Waals surface area contributed by atoms with Crippen molar-refractivity contribution >= 4 is 50.5 Å². The molecule has 1 aliphatic heterocycles. The maximum atomic E-state index is 13.2. The molecule has 4 rings (SSSR count). The molecule has 0 amide bonds. The molecule has 4 nitrogen and oxygen atoms in total. The first-order valence-electron chi connectivity index (χ1n) is 9.32. The van der Waals surface area contributed by atoms with E-state index in [0.29, 0.717) is 17.8 Å². The van der Waals surface area contributed by atoms with Crippen LogP contribution >= 0.6 is 39.0 Å². The number of allylic oxidation sites excluding steroid dienone is 3. The summed E-state index contributed by atoms with van der Waals surface area (Å²) in [7, 11) is 0. The number of rotatable bonds is 3. The van der Waals surface area contributed by atoms with Gasteiger partial charge in [0.05, 0.1) is 21.8 Å². The van der Waals surface area contributed by atoms with Crippen LogP contribution in [0.1, 0.15) is 35.6 Å². The van der Waals surface area contributed by atoms with Gasteiger partial charge in [-0.3, -0.25) is 9.69 Å². The van der Waals surface area contributed by atoms with Crippen LogP contribution in [0.2, 0.25) is 0 Å². The number of carbonyl (C=O) groups excluding carboxylic acids is 1. The van der Waals surface area contributed by atoms with E-state index in [1.165, 1.54) is 4.88 Å². The van der Waals surface area contributed by atoms with Crippen molar-refractivity contribution in [3.63, 3.8) is 0 Å². The zero-order chi connectivity index (χ0) is 20.7. The predicted molar refractivity (Wildman–Crippen MR) is 123 cm³/mol. The molecule has 2 heterocycles. The van der Waals surface area contributed by atoms with Crippen molar-refractivity contribution in [1.29, 1.82) is 5.26 Å². The largest absolute Gasteiger partial charge is 0.384 e. The molecule has 0 radical (unpaired) electrons. The summed E-state index contributed by atoms with van der Waals surface area (Å²) in [6.07, 6.45) is 4.10. The van der Waals surface area contributed by atoms with E-state index in [4.69, 9.17) is 5.73 Å². The fourth-order valence-electron chi connectivity index (χ4n) is 4.18. The molecule has 148 valence electrons. The summed E-state index contributed by atoms with van der Waals surface area (Å²) < 4.78 is 2.06. The van der Waals surface area contributed by atoms with Gasteiger partial charge in [0.1, 0.15) is 5.82 Å². The Bertz CT molecular complexity index is 1110. The number of ketones is 1. The normalized spacial score (nSPS) is 19.4. The molecule has 2 aromatic rings. The Morgan fingerprint density at radius 2 is 2.14 bits per heavy atom. The highest BCUT2D eigenvalue weighted by molar-refractivity contribution is 9.10. The first-order chi connectivity index (χ1) is 14.0. The average molecular weight is 486 g/mol. The molecule has 29 heavy (non-hydrogen) atoms. The van der Waals surface area contributed by atoms with E-state index >= 15 is 0 Å². The Hall–Kier alpha value is -2.01. The molecule has 7 heteroatoms. The minimum Gasteiger partial charge on any atom is -0.384 e. The SMILES string of the molecule is CSc1sc(C)cc1C1C(C#N)=C(N)N(c2cccc(Br)c2)C2=C1C(=O)CCC2. The lowest BCUT2D eigenvalue weighted by Crippen LogP contribution is -2.38. The number of nitrogens with zero attached hydrogens (tertiary/aromatic N) is 2. The zero-order valence-corrected chi connectivity index (χ0v) is 19.4. The Morgan fingerprint density at radius 1 is 1.34 bits per heavy atom. The molecule has 1 aromatic heterocycles. The van der Waals surface area contributed by atoms with Gasteiger partial charge in [-0.15, -0.1) is 23.1 Å². The van der Waals surface area contributed by atoms with Gasteiger partial charge in [0, 0.05) is 32.7 Å². The number of anilines is 1. The number of nitriles is 1. The first-order valence-corrected chi connectivity index (χ1v) is 12.2. The molecule has 0 fully saturated rings. The third-order valence-corrected chi connectivity index (χ3v) is 8.03. The minimum atomic E-state index is -0.390. The van der Waals surface area contributed by atoms with E-state index < -0.39 is 5.92 Å². The number of thioether (sulfide) groups is 1. The molecule has 1 atom stereocenters. The van der Waals surface area contributed by atoms with Gasteiger partial charge in [0.25, 0.3) is 0 Å². The monoisotopic (exact) mass is 485 g/mol. The van der Waals surface area contributed by atoms with Gasteiger partial charge < -0.3 is 5.73 Å². The van der Waals surface area contributed by atoms with Crippen molar-refractivity contribution < 1.29 is 4.79 Å². The fourth-order valence-corrected chi connectivity index (χ4v) is 6.48. The number of nitrogens with two attached hydrogens (primary N) is 1. The summed E-state index contributed by atoms with van der Waals surface area (Å²) in [6.45, 7) is 2.06. The number of carbonyl (C=O) groups is 1. The average Bonchev–Trinajstić information content (AvgIpc) is 3.07. The second kappa shape index (κ2) is 8.02. The van der Waals surface area contributed by atoms with Crippen LogP contribution in [0, 0.1) is 18.3 Å². The number of benzene rings is 1. The van der Waals surface area contributed by atoms with Crippen LogP contribution in [0.15, 0.2) is 61.7 Å². The molecule has 0 bridgehead atoms. The van der Waals surface area contributed by atoms with E-state index in [0.717, 1.165) is 44.0 Å². The van der Waals surface area contributed by atoms with Crippen LogP contribution in [0.3, 0.4) is 0 Å². The lowest BCUT2D eigenvalue weighted by molar-refractivity contribution is -0.116. The Balaban J connectivity index is 1.99. The van der Waals surface area contributed by atoms with E-state index in [-0.39, 0.29) is 5.78 Å². The Labute approximate surface area is 187 Å². The van der Waals surface area contributed by atoms with Crippen molar-refractivity contribution in [1.82, 2.24) is 0 Å². The van der Waals surface area contributed by atoms with Gasteiger partial charge in [-0.25, -0.2) is 0 Å². The van der Waals surface area contributed by atoms with Crippen LogP contribution in [-0.2, 0) is 4.79 Å². The molecule has 1 aliphatic carbocycles. The van der Waals surface area contributed by atoms with Crippen molar-refractivity contribution in [2.45, 2.75) is 36.3 Å². The number of thiophene rings is 1. The van der Waals surface area contributed by atoms with Crippen molar-refractivity contribution in [2.24, 2.45) is 5.73 Å². The zero-order valence-electron chi connectivity index (χ0n) is 16.2. The summed E-state index contributed by atoms with van der Waals surface area (Å²) in [5.41, 5.74) is 10.6. The van der Waals surface area contributed by atoms with Crippen LogP contribution < -0.4 is 10.6 Å². The highest BCUT2D eigenvalue weighted by atomic mass is 79.9. The smallest absolute Gasteiger partial charge is 0.161 e. The number of hydrogen-bond donors (Lipinski definition) is 1. The fraction of sp³-hybridized carbons (Fsp3) is 0.273. The van der Waals surface area contributed by atoms with Gasteiger partial charge in [-0.1, -0.05) is 22.0 Å². The lowest BCUT2D eigenvalue weighted by Gasteiger charge is -2.39. The third-order valence-electron chi connectivity index (χ3n) is 5.32. The molecular formula is C22H20BrN3OS2. The highest BCUT2D eigenvalue weighted by Gasteiger charge is 2.41. The molecule has 1 unspecified atom stereocenters. The van der Waals surface area contributed by atoms with Gasteiger partial charge >= 0.3 is 0 Å². The number of Topliss-reactive ketones (excluding diaryl/α,β-unsaturated/α-hetero) is 1. The lowest BCUT2D eigenvalue weighted by atomic mass is 9.76. The number of hydrogen-bond acceptors (Lipinski definition) is 6. The number of aryl methyl sites for hydroxylation is 1. The molecule has 1 aromatic carbocycles. The molecular weight excluding hydrogens is 466 g/mol. The van der Waals surface area contributed by atoms with Crippen LogP contribution in [0.5, 0.6) is 0 Å². The van der Waals surface area contributed by atoms with Gasteiger partial charge in [0.2, 0.25) is 0 Å². The maximum absolute atomic E-state index is 13.2. The van der Waals surface area contributed by atoms with Crippen molar-refractivity contribution in [3.8, 4) is 6.07 Å². The minimum absolute atomic E-state index is 0.118. The highest BCUT2D eigenvalue weighted by Crippen LogP contribution is 2.49. The van der Waals surface area contributed by atoms with E-state index in [9.17, 15) is 10.1 Å². The van der Waals surface area contributed by atoms with Gasteiger partial charge in [-0.05, 0) is 55.9 Å². The second-order valence-electron chi connectivity index (χ2n) is 7.10. The third kappa shape index (κ3) is 3.43. The van der Waals surface area contributed by atoms with Crippen LogP contribution in [0.25, 0.3) is 0 Å². The topological polar surface area (TPSA) is 70.1 Å². The Kier molecular flexibility index (Phi) is 5.60. The van der Waals surface area contributed by atoms with Crippen molar-refractivity contribution in [3.05, 3.63) is 67.9 Å². The van der Waals surface area contributed by atoms with E-state index in [1.54, 1.807) is 23.1 Å². The maximum Gasteiger partial charge on any atom is 0.161 e. The molecule has 0 saturated heterocycles. The standard InChI is InChI=1S/C22H20BrN3OS2/c1-12-9-15(22(28-2)29-12)19-16(11-24)21(25)26(14-6-3-5-13(23)10-14)17-7-4-8-18(27)20(17)19/h3,5-6,9-10,19H,4,7-8,25H2,1-2H3. The Morgan fingerprint density at radius 3 is 2.83 bits per heavy atom. The van der Waals surface area contributed by atoms with Crippen LogP contribution in [-0.4, -0.2) is 12.0 Å². The van der Waals surface area contributed by atoms with Gasteiger partial charge in [0.15, 0.2) is 5.78 Å². The quantitative estimate of drug-likeness (QED) is 0.552. The van der Waals surface area contributed by atoms with Gasteiger partial charge in [-0.2, -0.15) is 5.26 Å². The first kappa shape index (κ1) is 20.3. The van der Waals surface area contributed by atoms with Crippen LogP contribution in [0.4, 0.5) is 5.69 Å². The summed E-state index contributed by atoms with van der Waals surface area (Å²) in [6, 6.07) is 12.2.